The van der Waals surface area contributed by atoms with Crippen LogP contribution in [0.25, 0.3) is 0 Å². The number of para-hydroxylation sites is 1. The van der Waals surface area contributed by atoms with Crippen molar-refractivity contribution in [3.8, 4) is 0 Å². The lowest BCUT2D eigenvalue weighted by molar-refractivity contribution is 0.0980. The molecule has 2 aliphatic heterocycles. The van der Waals surface area contributed by atoms with Crippen LogP contribution >= 0.6 is 0 Å². The van der Waals surface area contributed by atoms with Gasteiger partial charge in [-0.25, -0.2) is 0 Å². The average Bonchev–Trinajstić information content (AvgIpc) is 3.15. The number of amides is 1. The van der Waals surface area contributed by atoms with Crippen molar-refractivity contribution < 1.29 is 4.79 Å². The first-order valence-corrected chi connectivity index (χ1v) is 8.44. The molecule has 4 rings (SSSR count). The minimum atomic E-state index is 0.0122. The molecule has 1 saturated heterocycles. The summed E-state index contributed by atoms with van der Waals surface area (Å²) in [6, 6.07) is 12.1. The maximum absolute atomic E-state index is 13.0. The zero-order chi connectivity index (χ0) is 15.6. The van der Waals surface area contributed by atoms with E-state index in [1.807, 2.05) is 35.2 Å². The highest BCUT2D eigenvalue weighted by Gasteiger charge is 2.24. The number of nitrogens with zero attached hydrogens (tertiary/aromatic N) is 3. The average molecular weight is 307 g/mol. The molecule has 4 heteroatoms. The second-order valence-corrected chi connectivity index (χ2v) is 6.28. The maximum atomic E-state index is 13.0. The second kappa shape index (κ2) is 6.03. The van der Waals surface area contributed by atoms with Crippen molar-refractivity contribution in [2.45, 2.75) is 25.7 Å². The molecule has 0 N–H and O–H groups in total. The molecule has 23 heavy (non-hydrogen) atoms. The van der Waals surface area contributed by atoms with Gasteiger partial charge in [0.05, 0.1) is 0 Å². The Hall–Kier alpha value is -2.36. The van der Waals surface area contributed by atoms with E-state index in [-0.39, 0.29) is 5.91 Å². The molecule has 1 aromatic carbocycles. The van der Waals surface area contributed by atoms with Crippen LogP contribution in [0.5, 0.6) is 0 Å². The molecule has 4 nitrogen and oxygen atoms in total. The lowest BCUT2D eigenvalue weighted by Crippen LogP contribution is -2.36. The van der Waals surface area contributed by atoms with Crippen molar-refractivity contribution in [1.82, 2.24) is 4.98 Å². The zero-order valence-corrected chi connectivity index (χ0v) is 13.2. The third kappa shape index (κ3) is 2.69. The van der Waals surface area contributed by atoms with Gasteiger partial charge in [0.1, 0.15) is 5.69 Å². The minimum Gasteiger partial charge on any atom is -0.371 e. The Kier molecular flexibility index (Phi) is 3.74. The Bertz CT molecular complexity index is 722. The molecule has 118 valence electrons. The summed E-state index contributed by atoms with van der Waals surface area (Å²) in [4.78, 5) is 21.5. The largest absolute Gasteiger partial charge is 0.371 e. The van der Waals surface area contributed by atoms with Crippen LogP contribution in [0, 0.1) is 0 Å². The summed E-state index contributed by atoms with van der Waals surface area (Å²) in [6.45, 7) is 2.92. The van der Waals surface area contributed by atoms with E-state index in [0.29, 0.717) is 5.69 Å². The summed E-state index contributed by atoms with van der Waals surface area (Å²) in [5.74, 6) is 0.0122. The smallest absolute Gasteiger partial charge is 0.276 e. The van der Waals surface area contributed by atoms with Crippen molar-refractivity contribution in [2.75, 3.05) is 29.4 Å². The van der Waals surface area contributed by atoms with E-state index >= 15 is 0 Å². The molecule has 0 aliphatic carbocycles. The Balaban J connectivity index is 1.64. The zero-order valence-electron chi connectivity index (χ0n) is 13.2. The molecule has 1 amide bonds. The molecule has 2 aliphatic rings. The predicted molar refractivity (Wildman–Crippen MR) is 92.1 cm³/mol. The molecule has 2 aromatic rings. The van der Waals surface area contributed by atoms with Crippen LogP contribution in [0.15, 0.2) is 42.6 Å². The number of hydrogen-bond donors (Lipinski definition) is 0. The van der Waals surface area contributed by atoms with Crippen molar-refractivity contribution in [3.63, 3.8) is 0 Å². The molecule has 0 unspecified atom stereocenters. The van der Waals surface area contributed by atoms with Crippen molar-refractivity contribution in [3.05, 3.63) is 53.9 Å². The molecule has 0 saturated carbocycles. The van der Waals surface area contributed by atoms with Crippen LogP contribution in [0.4, 0.5) is 11.4 Å². The van der Waals surface area contributed by atoms with Gasteiger partial charge in [-0.1, -0.05) is 18.2 Å². The van der Waals surface area contributed by atoms with Gasteiger partial charge in [-0.15, -0.1) is 0 Å². The molecule has 0 atom stereocenters. The molecule has 1 aromatic heterocycles. The number of benzene rings is 1. The third-order valence-electron chi connectivity index (χ3n) is 4.79. The Morgan fingerprint density at radius 2 is 1.83 bits per heavy atom. The first kappa shape index (κ1) is 14.2. The Morgan fingerprint density at radius 3 is 2.70 bits per heavy atom. The van der Waals surface area contributed by atoms with Crippen molar-refractivity contribution >= 4 is 17.3 Å². The van der Waals surface area contributed by atoms with Gasteiger partial charge < -0.3 is 9.80 Å². The van der Waals surface area contributed by atoms with E-state index in [1.54, 1.807) is 6.20 Å². The van der Waals surface area contributed by atoms with Gasteiger partial charge in [0.25, 0.3) is 5.91 Å². The third-order valence-corrected chi connectivity index (χ3v) is 4.79. The van der Waals surface area contributed by atoms with Gasteiger partial charge in [-0.3, -0.25) is 9.78 Å². The van der Waals surface area contributed by atoms with Gasteiger partial charge in [0.15, 0.2) is 0 Å². The van der Waals surface area contributed by atoms with Crippen LogP contribution in [-0.4, -0.2) is 30.5 Å². The van der Waals surface area contributed by atoms with Gasteiger partial charge in [0.2, 0.25) is 0 Å². The highest BCUT2D eigenvalue weighted by Crippen LogP contribution is 2.28. The van der Waals surface area contributed by atoms with Gasteiger partial charge in [0, 0.05) is 37.2 Å². The highest BCUT2D eigenvalue weighted by molar-refractivity contribution is 6.05. The van der Waals surface area contributed by atoms with E-state index in [0.717, 1.165) is 43.9 Å². The summed E-state index contributed by atoms with van der Waals surface area (Å²) in [5, 5.41) is 0. The lowest BCUT2D eigenvalue weighted by Gasteiger charge is -2.29. The molecular weight excluding hydrogens is 286 g/mol. The summed E-state index contributed by atoms with van der Waals surface area (Å²) in [7, 11) is 0. The minimum absolute atomic E-state index is 0.0122. The van der Waals surface area contributed by atoms with Crippen LogP contribution in [-0.2, 0) is 6.42 Å². The normalized spacial score (nSPS) is 17.2. The SMILES string of the molecule is O=C(c1cc(N2CCCC2)ccn1)N1CCCc2ccccc21. The number of carbonyl (C=O) groups is 1. The van der Waals surface area contributed by atoms with Gasteiger partial charge in [-0.2, -0.15) is 0 Å². The lowest BCUT2D eigenvalue weighted by atomic mass is 10.0. The van der Waals surface area contributed by atoms with E-state index in [9.17, 15) is 4.79 Å². The number of aromatic nitrogens is 1. The first-order chi connectivity index (χ1) is 11.3. The first-order valence-electron chi connectivity index (χ1n) is 8.44. The molecule has 0 radical (unpaired) electrons. The number of rotatable bonds is 2. The summed E-state index contributed by atoms with van der Waals surface area (Å²) < 4.78 is 0. The summed E-state index contributed by atoms with van der Waals surface area (Å²) in [6.07, 6.45) is 6.27. The fourth-order valence-electron chi connectivity index (χ4n) is 3.59. The molecule has 1 fully saturated rings. The summed E-state index contributed by atoms with van der Waals surface area (Å²) >= 11 is 0. The van der Waals surface area contributed by atoms with Crippen LogP contribution in [0.3, 0.4) is 0 Å². The molecule has 3 heterocycles. The van der Waals surface area contributed by atoms with Crippen molar-refractivity contribution in [2.24, 2.45) is 0 Å². The second-order valence-electron chi connectivity index (χ2n) is 6.28. The standard InChI is InChI=1S/C19H21N3O/c23-19(22-13-5-7-15-6-1-2-8-18(15)22)17-14-16(9-10-20-17)21-11-3-4-12-21/h1-2,6,8-10,14H,3-5,7,11-13H2. The fraction of sp³-hybridized carbons (Fsp3) is 0.368. The van der Waals surface area contributed by atoms with Crippen LogP contribution < -0.4 is 9.80 Å². The topological polar surface area (TPSA) is 36.4 Å². The number of hydrogen-bond acceptors (Lipinski definition) is 3. The molecule has 0 spiro atoms. The van der Waals surface area contributed by atoms with Crippen LogP contribution in [0.2, 0.25) is 0 Å². The van der Waals surface area contributed by atoms with Gasteiger partial charge in [-0.05, 0) is 49.4 Å². The number of pyridine rings is 1. The number of aryl methyl sites for hydroxylation is 1. The van der Waals surface area contributed by atoms with E-state index < -0.39 is 0 Å². The number of fused-ring (bicyclic) bond motifs is 1. The maximum Gasteiger partial charge on any atom is 0.276 e. The quantitative estimate of drug-likeness (QED) is 0.854. The fourth-order valence-corrected chi connectivity index (χ4v) is 3.59. The molecule has 0 bridgehead atoms. The Morgan fingerprint density at radius 1 is 1.00 bits per heavy atom. The van der Waals surface area contributed by atoms with E-state index in [1.165, 1.54) is 18.4 Å². The monoisotopic (exact) mass is 307 g/mol. The Labute approximate surface area is 136 Å². The van der Waals surface area contributed by atoms with Gasteiger partial charge >= 0.3 is 0 Å². The van der Waals surface area contributed by atoms with Crippen molar-refractivity contribution in [1.29, 1.82) is 0 Å². The van der Waals surface area contributed by atoms with E-state index in [2.05, 4.69) is 16.0 Å². The predicted octanol–water partition coefficient (Wildman–Crippen LogP) is 3.27. The van der Waals surface area contributed by atoms with Crippen LogP contribution in [0.1, 0.15) is 35.3 Å². The van der Waals surface area contributed by atoms with E-state index in [4.69, 9.17) is 0 Å². The number of anilines is 2. The number of carbonyl (C=O) groups excluding carboxylic acids is 1. The summed E-state index contributed by atoms with van der Waals surface area (Å²) in [5.41, 5.74) is 3.96. The molecular formula is C19H21N3O. The highest BCUT2D eigenvalue weighted by atomic mass is 16.2.